The minimum atomic E-state index is -0.595. The maximum atomic E-state index is 13.8. The number of thioether (sulfide) groups is 1. The zero-order chi connectivity index (χ0) is 34.9. The molecule has 0 aliphatic carbocycles. The van der Waals surface area contributed by atoms with Crippen LogP contribution in [0.15, 0.2) is 144 Å². The predicted octanol–water partition coefficient (Wildman–Crippen LogP) is 8.07. The maximum Gasteiger partial charge on any atom is 0.272 e. The monoisotopic (exact) mass is 682 g/mol. The third kappa shape index (κ3) is 8.23. The van der Waals surface area contributed by atoms with Crippen molar-refractivity contribution in [3.05, 3.63) is 156 Å². The molecule has 9 nitrogen and oxygen atoms in total. The molecule has 250 valence electrons. The molecule has 0 aliphatic rings. The molecule has 10 heteroatoms. The van der Waals surface area contributed by atoms with Gasteiger partial charge in [-0.3, -0.25) is 14.4 Å². The predicted molar refractivity (Wildman–Crippen MR) is 198 cm³/mol. The number of ether oxygens (including phenoxy) is 2. The lowest BCUT2D eigenvalue weighted by Crippen LogP contribution is -2.30. The smallest absolute Gasteiger partial charge is 0.272 e. The van der Waals surface area contributed by atoms with E-state index in [1.807, 2.05) is 66.9 Å². The number of hydrogen-bond acceptors (Lipinski definition) is 6. The minimum Gasteiger partial charge on any atom is -0.497 e. The van der Waals surface area contributed by atoms with E-state index in [0.717, 1.165) is 21.4 Å². The van der Waals surface area contributed by atoms with E-state index in [4.69, 9.17) is 9.47 Å². The third-order valence-electron chi connectivity index (χ3n) is 7.77. The molecule has 0 bridgehead atoms. The molecule has 0 saturated carbocycles. The van der Waals surface area contributed by atoms with Gasteiger partial charge in [-0.05, 0) is 83.8 Å². The summed E-state index contributed by atoms with van der Waals surface area (Å²) in [5.41, 5.74) is 3.81. The standard InChI is InChI=1S/C40H34N4O5S/c1-48-32-18-19-36(49-2)29(22-32)23-35(44-38(45)28-12-7-4-8-13-28)39(46)42-30-14-9-15-33(24-30)50-37(27-10-5-3-6-11-27)40(47)43-31-17-16-26-20-21-41-34(26)25-31/h3-25,37,41H,1-2H3,(H,42,46)(H,43,47)(H,44,45)/b35-23+. The van der Waals surface area contributed by atoms with Gasteiger partial charge < -0.3 is 30.4 Å². The van der Waals surface area contributed by atoms with E-state index in [1.54, 1.807) is 73.8 Å². The highest BCUT2D eigenvalue weighted by molar-refractivity contribution is 8.00. The Bertz CT molecular complexity index is 2170. The molecular formula is C40H34N4O5S. The van der Waals surface area contributed by atoms with Gasteiger partial charge in [0.2, 0.25) is 5.91 Å². The number of anilines is 2. The average Bonchev–Trinajstić information content (AvgIpc) is 3.62. The lowest BCUT2D eigenvalue weighted by molar-refractivity contribution is -0.116. The number of amides is 3. The number of carbonyl (C=O) groups is 3. The summed E-state index contributed by atoms with van der Waals surface area (Å²) in [5.74, 6) is -0.162. The van der Waals surface area contributed by atoms with Gasteiger partial charge in [0.15, 0.2) is 0 Å². The normalized spacial score (nSPS) is 11.8. The van der Waals surface area contributed by atoms with Crippen LogP contribution in [0.3, 0.4) is 0 Å². The van der Waals surface area contributed by atoms with Crippen molar-refractivity contribution in [2.75, 3.05) is 24.9 Å². The summed E-state index contributed by atoms with van der Waals surface area (Å²) in [7, 11) is 3.06. The number of rotatable bonds is 12. The zero-order valence-electron chi connectivity index (χ0n) is 27.3. The SMILES string of the molecule is COc1ccc(OC)c(/C=C(/NC(=O)c2ccccc2)C(=O)Nc2cccc(SC(C(=O)Nc3ccc4cc[nH]c4c3)c3ccccc3)c2)c1. The van der Waals surface area contributed by atoms with Gasteiger partial charge in [-0.2, -0.15) is 0 Å². The minimum absolute atomic E-state index is 0.0101. The molecule has 6 aromatic rings. The Morgan fingerprint density at radius 2 is 1.50 bits per heavy atom. The zero-order valence-corrected chi connectivity index (χ0v) is 28.1. The van der Waals surface area contributed by atoms with E-state index in [-0.39, 0.29) is 11.6 Å². The molecule has 1 aromatic heterocycles. The van der Waals surface area contributed by atoms with Crippen molar-refractivity contribution in [3.8, 4) is 11.5 Å². The Labute approximate surface area is 293 Å². The summed E-state index contributed by atoms with van der Waals surface area (Å²) in [6.07, 6.45) is 3.40. The molecule has 1 unspecified atom stereocenters. The van der Waals surface area contributed by atoms with Gasteiger partial charge in [0, 0.05) is 39.1 Å². The first-order chi connectivity index (χ1) is 24.4. The molecule has 4 N–H and O–H groups in total. The number of fused-ring (bicyclic) bond motifs is 1. The van der Waals surface area contributed by atoms with Gasteiger partial charge in [0.25, 0.3) is 11.8 Å². The number of hydrogen-bond donors (Lipinski definition) is 4. The molecule has 3 amide bonds. The van der Waals surface area contributed by atoms with Crippen molar-refractivity contribution < 1.29 is 23.9 Å². The molecule has 1 heterocycles. The van der Waals surface area contributed by atoms with Gasteiger partial charge in [0.05, 0.1) is 14.2 Å². The number of carbonyl (C=O) groups excluding carboxylic acids is 3. The Kier molecular flexibility index (Phi) is 10.6. The van der Waals surface area contributed by atoms with Crippen LogP contribution in [0.1, 0.15) is 26.7 Å². The van der Waals surface area contributed by atoms with E-state index in [0.29, 0.717) is 34.0 Å². The molecular weight excluding hydrogens is 649 g/mol. The summed E-state index contributed by atoms with van der Waals surface area (Å²) in [6.45, 7) is 0. The summed E-state index contributed by atoms with van der Waals surface area (Å²) in [6, 6.07) is 38.2. The van der Waals surface area contributed by atoms with Crippen LogP contribution in [0.25, 0.3) is 17.0 Å². The van der Waals surface area contributed by atoms with E-state index in [9.17, 15) is 14.4 Å². The number of nitrogens with one attached hydrogen (secondary N) is 4. The fraction of sp³-hybridized carbons (Fsp3) is 0.0750. The third-order valence-corrected chi connectivity index (χ3v) is 9.02. The first-order valence-corrected chi connectivity index (χ1v) is 16.6. The van der Waals surface area contributed by atoms with E-state index in [2.05, 4.69) is 20.9 Å². The number of aromatic amines is 1. The van der Waals surface area contributed by atoms with E-state index >= 15 is 0 Å². The molecule has 0 fully saturated rings. The molecule has 6 rings (SSSR count). The molecule has 0 aliphatic heterocycles. The van der Waals surface area contributed by atoms with Gasteiger partial charge in [0.1, 0.15) is 22.4 Å². The van der Waals surface area contributed by atoms with Crippen LogP contribution in [0.4, 0.5) is 11.4 Å². The fourth-order valence-electron chi connectivity index (χ4n) is 5.27. The quantitative estimate of drug-likeness (QED) is 0.0766. The second-order valence-electron chi connectivity index (χ2n) is 11.1. The Morgan fingerprint density at radius 3 is 2.26 bits per heavy atom. The van der Waals surface area contributed by atoms with Crippen molar-refractivity contribution in [2.24, 2.45) is 0 Å². The summed E-state index contributed by atoms with van der Waals surface area (Å²) >= 11 is 1.36. The maximum absolute atomic E-state index is 13.8. The second-order valence-corrected chi connectivity index (χ2v) is 12.3. The van der Waals surface area contributed by atoms with Gasteiger partial charge in [-0.1, -0.05) is 60.7 Å². The molecule has 50 heavy (non-hydrogen) atoms. The van der Waals surface area contributed by atoms with Crippen molar-refractivity contribution in [1.82, 2.24) is 10.3 Å². The highest BCUT2D eigenvalue weighted by atomic mass is 32.2. The van der Waals surface area contributed by atoms with Crippen molar-refractivity contribution >= 4 is 57.8 Å². The largest absolute Gasteiger partial charge is 0.497 e. The van der Waals surface area contributed by atoms with Crippen molar-refractivity contribution in [3.63, 3.8) is 0 Å². The number of aromatic nitrogens is 1. The fourth-order valence-corrected chi connectivity index (χ4v) is 6.35. The first-order valence-electron chi connectivity index (χ1n) is 15.7. The van der Waals surface area contributed by atoms with E-state index in [1.165, 1.54) is 24.9 Å². The Balaban J connectivity index is 1.26. The lowest BCUT2D eigenvalue weighted by Gasteiger charge is -2.18. The number of benzene rings is 5. The highest BCUT2D eigenvalue weighted by Gasteiger charge is 2.23. The van der Waals surface area contributed by atoms with Gasteiger partial charge in [-0.25, -0.2) is 0 Å². The summed E-state index contributed by atoms with van der Waals surface area (Å²) in [4.78, 5) is 44.7. The molecule has 1 atom stereocenters. The molecule has 0 saturated heterocycles. The topological polar surface area (TPSA) is 122 Å². The van der Waals surface area contributed by atoms with Crippen LogP contribution in [-0.2, 0) is 9.59 Å². The van der Waals surface area contributed by atoms with Crippen molar-refractivity contribution in [2.45, 2.75) is 10.1 Å². The van der Waals surface area contributed by atoms with E-state index < -0.39 is 17.1 Å². The Morgan fingerprint density at radius 1 is 0.740 bits per heavy atom. The van der Waals surface area contributed by atoms with Crippen LogP contribution >= 0.6 is 11.8 Å². The summed E-state index contributed by atoms with van der Waals surface area (Å²) in [5, 5.41) is 9.19. The lowest BCUT2D eigenvalue weighted by atomic mass is 10.1. The van der Waals surface area contributed by atoms with Gasteiger partial charge >= 0.3 is 0 Å². The molecule has 0 radical (unpaired) electrons. The van der Waals surface area contributed by atoms with Crippen LogP contribution in [0, 0.1) is 0 Å². The van der Waals surface area contributed by atoms with Gasteiger partial charge in [-0.15, -0.1) is 11.8 Å². The van der Waals surface area contributed by atoms with Crippen LogP contribution in [0.5, 0.6) is 11.5 Å². The summed E-state index contributed by atoms with van der Waals surface area (Å²) < 4.78 is 10.9. The molecule has 0 spiro atoms. The Hall–Kier alpha value is -6.26. The first kappa shape index (κ1) is 33.6. The van der Waals surface area contributed by atoms with Crippen molar-refractivity contribution in [1.29, 1.82) is 0 Å². The average molecular weight is 683 g/mol. The second kappa shape index (κ2) is 15.8. The van der Waals surface area contributed by atoms with Crippen LogP contribution < -0.4 is 25.4 Å². The highest BCUT2D eigenvalue weighted by Crippen LogP contribution is 2.37. The van der Waals surface area contributed by atoms with Crippen LogP contribution in [-0.4, -0.2) is 36.9 Å². The number of H-pyrrole nitrogens is 1. The number of methoxy groups -OCH3 is 2. The molecule has 5 aromatic carbocycles. The van der Waals surface area contributed by atoms with Crippen LogP contribution in [0.2, 0.25) is 0 Å².